The molecule has 0 radical (unpaired) electrons. The van der Waals surface area contributed by atoms with Crippen molar-refractivity contribution in [3.05, 3.63) is 35.4 Å². The van der Waals surface area contributed by atoms with Gasteiger partial charge in [-0.2, -0.15) is 0 Å². The number of fused-ring (bicyclic) bond motifs is 1. The fourth-order valence-electron chi connectivity index (χ4n) is 1.87. The molecule has 1 aromatic rings. The van der Waals surface area contributed by atoms with Crippen LogP contribution in [0.25, 0.3) is 0 Å². The number of hydrogen-bond acceptors (Lipinski definition) is 1. The summed E-state index contributed by atoms with van der Waals surface area (Å²) in [5.41, 5.74) is 2.51. The second-order valence-electron chi connectivity index (χ2n) is 4.02. The summed E-state index contributed by atoms with van der Waals surface area (Å²) >= 11 is 5.69. The van der Waals surface area contributed by atoms with Crippen molar-refractivity contribution in [2.45, 2.75) is 20.0 Å². The summed E-state index contributed by atoms with van der Waals surface area (Å²) in [6, 6.07) is 8.18. The van der Waals surface area contributed by atoms with Gasteiger partial charge >= 0.3 is 0 Å². The number of halogens is 1. The van der Waals surface area contributed by atoms with E-state index in [4.69, 9.17) is 11.6 Å². The fraction of sp³-hybridized carbons (Fsp3) is 0.417. The highest BCUT2D eigenvalue weighted by atomic mass is 35.5. The Morgan fingerprint density at radius 3 is 2.40 bits per heavy atom. The molecule has 0 saturated heterocycles. The molecule has 80 valence electrons. The minimum atomic E-state index is -0.0824. The van der Waals surface area contributed by atoms with E-state index in [2.05, 4.69) is 12.1 Å². The third kappa shape index (κ3) is 2.00. The van der Waals surface area contributed by atoms with Crippen LogP contribution in [0.3, 0.4) is 0 Å². The van der Waals surface area contributed by atoms with Crippen molar-refractivity contribution >= 4 is 17.5 Å². The largest absolute Gasteiger partial charge is 0.334 e. The molecule has 0 bridgehead atoms. The van der Waals surface area contributed by atoms with Gasteiger partial charge in [0, 0.05) is 24.9 Å². The van der Waals surface area contributed by atoms with E-state index >= 15 is 0 Å². The maximum Gasteiger partial charge on any atom is 0.227 e. The van der Waals surface area contributed by atoms with E-state index in [-0.39, 0.29) is 11.8 Å². The highest BCUT2D eigenvalue weighted by molar-refractivity contribution is 6.19. The molecule has 3 heteroatoms. The summed E-state index contributed by atoms with van der Waals surface area (Å²) in [7, 11) is 0. The van der Waals surface area contributed by atoms with Gasteiger partial charge in [-0.1, -0.05) is 31.2 Å². The summed E-state index contributed by atoms with van der Waals surface area (Å²) in [5.74, 6) is 0.466. The van der Waals surface area contributed by atoms with Crippen LogP contribution in [-0.2, 0) is 17.9 Å². The molecule has 1 unspecified atom stereocenters. The van der Waals surface area contributed by atoms with Crippen molar-refractivity contribution in [2.24, 2.45) is 5.92 Å². The maximum absolute atomic E-state index is 11.9. The zero-order valence-electron chi connectivity index (χ0n) is 8.74. The van der Waals surface area contributed by atoms with Gasteiger partial charge in [0.05, 0.1) is 0 Å². The van der Waals surface area contributed by atoms with Crippen LogP contribution in [0.4, 0.5) is 0 Å². The molecule has 1 heterocycles. The summed E-state index contributed by atoms with van der Waals surface area (Å²) in [5, 5.41) is 0. The van der Waals surface area contributed by atoms with Crippen LogP contribution < -0.4 is 0 Å². The molecule has 0 fully saturated rings. The summed E-state index contributed by atoms with van der Waals surface area (Å²) in [4.78, 5) is 13.8. The van der Waals surface area contributed by atoms with Crippen molar-refractivity contribution in [3.8, 4) is 0 Å². The van der Waals surface area contributed by atoms with Crippen LogP contribution in [0, 0.1) is 5.92 Å². The van der Waals surface area contributed by atoms with Gasteiger partial charge < -0.3 is 4.90 Å². The summed E-state index contributed by atoms with van der Waals surface area (Å²) < 4.78 is 0. The minimum Gasteiger partial charge on any atom is -0.334 e. The second kappa shape index (κ2) is 4.23. The van der Waals surface area contributed by atoms with Gasteiger partial charge in [0.2, 0.25) is 5.91 Å². The standard InChI is InChI=1S/C12H14ClNO/c1-9(6-13)12(15)14-7-10-4-2-3-5-11(10)8-14/h2-5,9H,6-8H2,1H3. The van der Waals surface area contributed by atoms with Gasteiger partial charge in [-0.15, -0.1) is 11.6 Å². The Balaban J connectivity index is 2.10. The van der Waals surface area contributed by atoms with Crippen molar-refractivity contribution in [3.63, 3.8) is 0 Å². The first-order valence-corrected chi connectivity index (χ1v) is 5.67. The van der Waals surface area contributed by atoms with Crippen LogP contribution in [0.15, 0.2) is 24.3 Å². The Kier molecular flexibility index (Phi) is 2.96. The maximum atomic E-state index is 11.9. The number of amides is 1. The quantitative estimate of drug-likeness (QED) is 0.706. The first-order valence-electron chi connectivity index (χ1n) is 5.14. The van der Waals surface area contributed by atoms with E-state index < -0.39 is 0 Å². The van der Waals surface area contributed by atoms with Gasteiger partial charge in [0.15, 0.2) is 0 Å². The topological polar surface area (TPSA) is 20.3 Å². The van der Waals surface area contributed by atoms with Crippen LogP contribution in [0.1, 0.15) is 18.1 Å². The van der Waals surface area contributed by atoms with E-state index in [1.807, 2.05) is 24.0 Å². The average Bonchev–Trinajstić information content (AvgIpc) is 2.70. The smallest absolute Gasteiger partial charge is 0.227 e. The molecule has 0 saturated carbocycles. The zero-order valence-corrected chi connectivity index (χ0v) is 9.50. The number of carbonyl (C=O) groups excluding carboxylic acids is 1. The number of rotatable bonds is 2. The lowest BCUT2D eigenvalue weighted by Crippen LogP contribution is -2.31. The molecule has 1 aliphatic heterocycles. The molecule has 2 nitrogen and oxygen atoms in total. The van der Waals surface area contributed by atoms with E-state index in [9.17, 15) is 4.79 Å². The third-order valence-electron chi connectivity index (χ3n) is 2.81. The van der Waals surface area contributed by atoms with Crippen molar-refractivity contribution in [1.29, 1.82) is 0 Å². The van der Waals surface area contributed by atoms with Crippen LogP contribution in [0.5, 0.6) is 0 Å². The number of carbonyl (C=O) groups is 1. The van der Waals surface area contributed by atoms with E-state index in [1.165, 1.54) is 11.1 Å². The second-order valence-corrected chi connectivity index (χ2v) is 4.33. The number of alkyl halides is 1. The molecule has 15 heavy (non-hydrogen) atoms. The molecule has 0 aromatic heterocycles. The SMILES string of the molecule is CC(CCl)C(=O)N1Cc2ccccc2C1. The van der Waals surface area contributed by atoms with Gasteiger partial charge in [-0.3, -0.25) is 4.79 Å². The van der Waals surface area contributed by atoms with Gasteiger partial charge in [-0.05, 0) is 11.1 Å². The van der Waals surface area contributed by atoms with Crippen LogP contribution in [0.2, 0.25) is 0 Å². The molecule has 1 aromatic carbocycles. The first-order chi connectivity index (χ1) is 7.22. The predicted molar refractivity (Wildman–Crippen MR) is 60.6 cm³/mol. The van der Waals surface area contributed by atoms with Gasteiger partial charge in [0.1, 0.15) is 0 Å². The Morgan fingerprint density at radius 1 is 1.40 bits per heavy atom. The van der Waals surface area contributed by atoms with E-state index in [1.54, 1.807) is 0 Å². The van der Waals surface area contributed by atoms with E-state index in [0.717, 1.165) is 13.1 Å². The van der Waals surface area contributed by atoms with Crippen LogP contribution in [-0.4, -0.2) is 16.7 Å². The molecule has 0 N–H and O–H groups in total. The summed E-state index contributed by atoms with van der Waals surface area (Å²) in [6.45, 7) is 3.34. The number of nitrogens with zero attached hydrogens (tertiary/aromatic N) is 1. The Bertz CT molecular complexity index is 353. The first kappa shape index (κ1) is 10.5. The van der Waals surface area contributed by atoms with E-state index in [0.29, 0.717) is 5.88 Å². The molecule has 1 aliphatic rings. The fourth-order valence-corrected chi connectivity index (χ4v) is 2.00. The Labute approximate surface area is 94.8 Å². The Hall–Kier alpha value is -1.02. The predicted octanol–water partition coefficient (Wildman–Crippen LogP) is 2.40. The highest BCUT2D eigenvalue weighted by Crippen LogP contribution is 2.23. The minimum absolute atomic E-state index is 0.0824. The molecule has 0 spiro atoms. The molecule has 2 rings (SSSR count). The van der Waals surface area contributed by atoms with Crippen LogP contribution >= 0.6 is 11.6 Å². The monoisotopic (exact) mass is 223 g/mol. The van der Waals surface area contributed by atoms with Crippen molar-refractivity contribution < 1.29 is 4.79 Å². The molecule has 0 aliphatic carbocycles. The highest BCUT2D eigenvalue weighted by Gasteiger charge is 2.25. The van der Waals surface area contributed by atoms with Crippen molar-refractivity contribution in [1.82, 2.24) is 4.90 Å². The Morgan fingerprint density at radius 2 is 1.93 bits per heavy atom. The molecule has 1 amide bonds. The number of hydrogen-bond donors (Lipinski definition) is 0. The summed E-state index contributed by atoms with van der Waals surface area (Å²) in [6.07, 6.45) is 0. The van der Waals surface area contributed by atoms with Gasteiger partial charge in [0.25, 0.3) is 0 Å². The third-order valence-corrected chi connectivity index (χ3v) is 3.27. The number of benzene rings is 1. The average molecular weight is 224 g/mol. The molecular weight excluding hydrogens is 210 g/mol. The lowest BCUT2D eigenvalue weighted by molar-refractivity contribution is -0.134. The lowest BCUT2D eigenvalue weighted by Gasteiger charge is -2.18. The molecule has 1 atom stereocenters. The molecular formula is C12H14ClNO. The van der Waals surface area contributed by atoms with Gasteiger partial charge in [-0.25, -0.2) is 0 Å². The normalized spacial score (nSPS) is 16.3. The zero-order chi connectivity index (χ0) is 10.8. The lowest BCUT2D eigenvalue weighted by atomic mass is 10.1. The van der Waals surface area contributed by atoms with Crippen molar-refractivity contribution in [2.75, 3.05) is 5.88 Å².